The third-order valence-electron chi connectivity index (χ3n) is 3.29. The first kappa shape index (κ1) is 15.0. The third kappa shape index (κ3) is 4.25. The zero-order valence-electron chi connectivity index (χ0n) is 10.0. The first-order valence-electron chi connectivity index (χ1n) is 6.02. The first-order chi connectivity index (χ1) is 7.86. The number of nitrogens with two attached hydrogens (primary N) is 1. The van der Waals surface area contributed by atoms with Crippen molar-refractivity contribution in [1.29, 1.82) is 0 Å². The summed E-state index contributed by atoms with van der Waals surface area (Å²) < 4.78 is 50.3. The molecule has 1 fully saturated rings. The summed E-state index contributed by atoms with van der Waals surface area (Å²) in [6, 6.07) is 0. The van der Waals surface area contributed by atoms with Crippen LogP contribution in [0, 0.1) is 5.92 Å². The largest absolute Gasteiger partial charge is 0.403 e. The van der Waals surface area contributed by atoms with Gasteiger partial charge in [-0.15, -0.1) is 0 Å². The summed E-state index contributed by atoms with van der Waals surface area (Å²) in [6.07, 6.45) is -1.43. The molecule has 1 aliphatic rings. The minimum atomic E-state index is -4.40. The highest BCUT2D eigenvalue weighted by Crippen LogP contribution is 2.34. The lowest BCUT2D eigenvalue weighted by Gasteiger charge is -2.30. The van der Waals surface area contributed by atoms with Gasteiger partial charge in [-0.05, 0) is 31.7 Å². The molecular formula is C11H20F3NOS. The Hall–Kier alpha value is -0.100. The van der Waals surface area contributed by atoms with E-state index in [1.54, 1.807) is 0 Å². The minimum absolute atomic E-state index is 0.0712. The Morgan fingerprint density at radius 2 is 2.06 bits per heavy atom. The topological polar surface area (TPSA) is 43.1 Å². The fourth-order valence-corrected chi connectivity index (χ4v) is 4.40. The number of hydrogen-bond donors (Lipinski definition) is 1. The van der Waals surface area contributed by atoms with E-state index in [-0.39, 0.29) is 18.2 Å². The fourth-order valence-electron chi connectivity index (χ4n) is 2.38. The quantitative estimate of drug-likeness (QED) is 0.854. The molecule has 0 aliphatic heterocycles. The molecule has 0 spiro atoms. The minimum Gasteiger partial charge on any atom is -0.330 e. The molecule has 1 rings (SSSR count). The molecule has 102 valence electrons. The summed E-state index contributed by atoms with van der Waals surface area (Å²) in [6.45, 7) is 1.94. The van der Waals surface area contributed by atoms with Crippen molar-refractivity contribution in [1.82, 2.24) is 0 Å². The van der Waals surface area contributed by atoms with Crippen LogP contribution in [0.1, 0.15) is 39.0 Å². The van der Waals surface area contributed by atoms with Crippen LogP contribution in [0.3, 0.4) is 0 Å². The van der Waals surface area contributed by atoms with Gasteiger partial charge in [0, 0.05) is 16.0 Å². The number of hydrogen-bond acceptors (Lipinski definition) is 2. The lowest BCUT2D eigenvalue weighted by atomic mass is 9.91. The summed E-state index contributed by atoms with van der Waals surface area (Å²) >= 11 is 0. The molecule has 4 unspecified atom stereocenters. The SMILES string of the molecule is CC1CCCC(S(=O)C(CCN)C(F)(F)F)C1. The van der Waals surface area contributed by atoms with Gasteiger partial charge in [-0.2, -0.15) is 13.2 Å². The van der Waals surface area contributed by atoms with Crippen LogP contribution >= 0.6 is 0 Å². The van der Waals surface area contributed by atoms with Gasteiger partial charge in [0.1, 0.15) is 5.25 Å². The molecule has 0 aromatic carbocycles. The van der Waals surface area contributed by atoms with Crippen LogP contribution < -0.4 is 5.73 Å². The van der Waals surface area contributed by atoms with E-state index in [1.807, 2.05) is 6.92 Å². The van der Waals surface area contributed by atoms with E-state index >= 15 is 0 Å². The highest BCUT2D eigenvalue weighted by atomic mass is 32.2. The molecule has 6 heteroatoms. The van der Waals surface area contributed by atoms with Gasteiger partial charge in [0.25, 0.3) is 0 Å². The van der Waals surface area contributed by atoms with Gasteiger partial charge in [0.2, 0.25) is 0 Å². The Morgan fingerprint density at radius 1 is 1.41 bits per heavy atom. The maximum absolute atomic E-state index is 12.8. The zero-order chi connectivity index (χ0) is 13.1. The lowest BCUT2D eigenvalue weighted by molar-refractivity contribution is -0.130. The van der Waals surface area contributed by atoms with Crippen molar-refractivity contribution in [3.8, 4) is 0 Å². The van der Waals surface area contributed by atoms with Gasteiger partial charge < -0.3 is 5.73 Å². The van der Waals surface area contributed by atoms with Crippen LogP contribution in [0.15, 0.2) is 0 Å². The van der Waals surface area contributed by atoms with Crippen LogP contribution in [0.25, 0.3) is 0 Å². The van der Waals surface area contributed by atoms with E-state index in [4.69, 9.17) is 5.73 Å². The second kappa shape index (κ2) is 6.18. The van der Waals surface area contributed by atoms with Crippen LogP contribution in [0.5, 0.6) is 0 Å². The molecule has 0 amide bonds. The molecule has 0 aromatic heterocycles. The van der Waals surface area contributed by atoms with Crippen LogP contribution in [0.2, 0.25) is 0 Å². The predicted molar refractivity (Wildman–Crippen MR) is 63.1 cm³/mol. The molecule has 0 radical (unpaired) electrons. The highest BCUT2D eigenvalue weighted by Gasteiger charge is 2.45. The van der Waals surface area contributed by atoms with E-state index in [9.17, 15) is 17.4 Å². The average molecular weight is 271 g/mol. The fraction of sp³-hybridized carbons (Fsp3) is 1.00. The number of rotatable bonds is 4. The van der Waals surface area contributed by atoms with Crippen molar-refractivity contribution < 1.29 is 17.4 Å². The zero-order valence-corrected chi connectivity index (χ0v) is 10.8. The monoisotopic (exact) mass is 271 g/mol. The molecule has 0 heterocycles. The Morgan fingerprint density at radius 3 is 2.53 bits per heavy atom. The Bertz CT molecular complexity index is 270. The van der Waals surface area contributed by atoms with Gasteiger partial charge in [-0.3, -0.25) is 4.21 Å². The van der Waals surface area contributed by atoms with Crippen molar-refractivity contribution in [2.24, 2.45) is 11.7 Å². The Balaban J connectivity index is 2.70. The molecule has 2 N–H and O–H groups in total. The molecule has 1 saturated carbocycles. The van der Waals surface area contributed by atoms with E-state index in [0.717, 1.165) is 12.8 Å². The second-order valence-electron chi connectivity index (χ2n) is 4.83. The van der Waals surface area contributed by atoms with E-state index in [2.05, 4.69) is 0 Å². The molecule has 4 atom stereocenters. The molecule has 0 bridgehead atoms. The first-order valence-corrected chi connectivity index (χ1v) is 7.30. The summed E-state index contributed by atoms with van der Waals surface area (Å²) in [5.41, 5.74) is 5.19. The summed E-state index contributed by atoms with van der Waals surface area (Å²) in [5, 5.41) is -2.06. The molecular weight excluding hydrogens is 251 g/mol. The van der Waals surface area contributed by atoms with Crippen molar-refractivity contribution in [2.45, 2.75) is 55.7 Å². The molecule has 17 heavy (non-hydrogen) atoms. The van der Waals surface area contributed by atoms with E-state index in [1.165, 1.54) is 0 Å². The van der Waals surface area contributed by atoms with Crippen LogP contribution in [-0.2, 0) is 10.8 Å². The lowest BCUT2D eigenvalue weighted by Crippen LogP contribution is -2.40. The van der Waals surface area contributed by atoms with Crippen molar-refractivity contribution in [3.63, 3.8) is 0 Å². The number of alkyl halides is 3. The van der Waals surface area contributed by atoms with E-state index < -0.39 is 22.2 Å². The Kier molecular flexibility index (Phi) is 5.44. The standard InChI is InChI=1S/C11H20F3NOS/c1-8-3-2-4-9(7-8)17(16)10(5-6-15)11(12,13)14/h8-10H,2-7,15H2,1H3. The summed E-state index contributed by atoms with van der Waals surface area (Å²) in [5.74, 6) is 0.379. The molecule has 1 aliphatic carbocycles. The Labute approximate surface area is 103 Å². The van der Waals surface area contributed by atoms with Gasteiger partial charge in [0.15, 0.2) is 0 Å². The molecule has 0 aromatic rings. The van der Waals surface area contributed by atoms with E-state index in [0.29, 0.717) is 18.8 Å². The van der Waals surface area contributed by atoms with Crippen LogP contribution in [-0.4, -0.2) is 27.4 Å². The maximum Gasteiger partial charge on any atom is 0.403 e. The van der Waals surface area contributed by atoms with Crippen molar-refractivity contribution in [2.75, 3.05) is 6.54 Å². The van der Waals surface area contributed by atoms with Gasteiger partial charge in [-0.25, -0.2) is 0 Å². The maximum atomic E-state index is 12.8. The summed E-state index contributed by atoms with van der Waals surface area (Å²) in [4.78, 5) is 0. The third-order valence-corrected chi connectivity index (χ3v) is 5.44. The molecule has 0 saturated heterocycles. The van der Waals surface area contributed by atoms with Crippen LogP contribution in [0.4, 0.5) is 13.2 Å². The molecule has 2 nitrogen and oxygen atoms in total. The van der Waals surface area contributed by atoms with Gasteiger partial charge in [0.05, 0.1) is 0 Å². The average Bonchev–Trinajstić information content (AvgIpc) is 2.23. The van der Waals surface area contributed by atoms with Gasteiger partial charge >= 0.3 is 6.18 Å². The normalized spacial score (nSPS) is 29.9. The summed E-state index contributed by atoms with van der Waals surface area (Å²) in [7, 11) is -1.84. The van der Waals surface area contributed by atoms with Crippen molar-refractivity contribution >= 4 is 10.8 Å². The highest BCUT2D eigenvalue weighted by molar-refractivity contribution is 7.86. The number of halogens is 3. The predicted octanol–water partition coefficient (Wildman–Crippen LogP) is 2.59. The van der Waals surface area contributed by atoms with Gasteiger partial charge in [-0.1, -0.05) is 19.8 Å². The second-order valence-corrected chi connectivity index (χ2v) is 6.72. The van der Waals surface area contributed by atoms with Crippen molar-refractivity contribution in [3.05, 3.63) is 0 Å². The smallest absolute Gasteiger partial charge is 0.330 e.